The summed E-state index contributed by atoms with van der Waals surface area (Å²) in [5, 5.41) is 0. The molecule has 0 aromatic heterocycles. The molecule has 2 aliphatic carbocycles. The maximum absolute atomic E-state index is 10.7. The van der Waals surface area contributed by atoms with Crippen LogP contribution in [0.1, 0.15) is 45.4 Å². The summed E-state index contributed by atoms with van der Waals surface area (Å²) in [4.78, 5) is 10.7. The van der Waals surface area contributed by atoms with Gasteiger partial charge in [-0.2, -0.15) is 0 Å². The van der Waals surface area contributed by atoms with Gasteiger partial charge < -0.3 is 9.47 Å². The number of esters is 1. The fraction of sp³-hybridized carbons (Fsp3) is 0.706. The van der Waals surface area contributed by atoms with E-state index in [1.54, 1.807) is 7.11 Å². The van der Waals surface area contributed by atoms with E-state index in [9.17, 15) is 4.79 Å². The molecular formula is C17H28O3. The van der Waals surface area contributed by atoms with Crippen LogP contribution in [-0.4, -0.2) is 25.8 Å². The summed E-state index contributed by atoms with van der Waals surface area (Å²) in [6.45, 7) is 5.75. The van der Waals surface area contributed by atoms with Gasteiger partial charge in [-0.15, -0.1) is 0 Å². The smallest absolute Gasteiger partial charge is 0.330 e. The second-order valence-corrected chi connectivity index (χ2v) is 5.55. The highest BCUT2D eigenvalue weighted by molar-refractivity contribution is 5.81. The van der Waals surface area contributed by atoms with Crippen LogP contribution in [0.5, 0.6) is 0 Å². The zero-order valence-corrected chi connectivity index (χ0v) is 12.8. The standard InChI is InChI=1S/C10H18O3.C7H10/c1-4-6-7-9(12-3)8-13-10(11)5-2;1-2-7-4-3-6(1)5-7/h5,9H,2,4,6-8H2,1,3H3;1-2,6-7H,3-5H2. The van der Waals surface area contributed by atoms with Gasteiger partial charge in [0.05, 0.1) is 6.10 Å². The van der Waals surface area contributed by atoms with Crippen molar-refractivity contribution in [1.82, 2.24) is 0 Å². The Morgan fingerprint density at radius 3 is 2.40 bits per heavy atom. The number of carbonyl (C=O) groups excluding carboxylic acids is 1. The summed E-state index contributed by atoms with van der Waals surface area (Å²) in [6.07, 6.45) is 13.5. The van der Waals surface area contributed by atoms with Crippen molar-refractivity contribution in [3.8, 4) is 0 Å². The van der Waals surface area contributed by atoms with Gasteiger partial charge in [0, 0.05) is 13.2 Å². The average Bonchev–Trinajstić information content (AvgIpc) is 3.13. The molecule has 0 aromatic carbocycles. The third-order valence-corrected chi connectivity index (χ3v) is 3.96. The molecule has 1 saturated carbocycles. The summed E-state index contributed by atoms with van der Waals surface area (Å²) in [6, 6.07) is 0. The largest absolute Gasteiger partial charge is 0.460 e. The summed E-state index contributed by atoms with van der Waals surface area (Å²) in [5.74, 6) is 1.59. The highest BCUT2D eigenvalue weighted by Crippen LogP contribution is 2.38. The van der Waals surface area contributed by atoms with Gasteiger partial charge in [-0.3, -0.25) is 0 Å². The molecule has 0 spiro atoms. The van der Waals surface area contributed by atoms with E-state index >= 15 is 0 Å². The van der Waals surface area contributed by atoms with E-state index in [4.69, 9.17) is 9.47 Å². The van der Waals surface area contributed by atoms with Crippen LogP contribution in [0.2, 0.25) is 0 Å². The van der Waals surface area contributed by atoms with Gasteiger partial charge in [-0.1, -0.05) is 38.5 Å². The van der Waals surface area contributed by atoms with Gasteiger partial charge in [0.25, 0.3) is 0 Å². The number of rotatable bonds is 7. The van der Waals surface area contributed by atoms with Crippen LogP contribution in [0.4, 0.5) is 0 Å². The Morgan fingerprint density at radius 1 is 1.40 bits per heavy atom. The first-order valence-corrected chi connectivity index (χ1v) is 7.69. The van der Waals surface area contributed by atoms with Crippen LogP contribution in [-0.2, 0) is 14.3 Å². The molecule has 0 N–H and O–H groups in total. The van der Waals surface area contributed by atoms with Crippen LogP contribution >= 0.6 is 0 Å². The lowest BCUT2D eigenvalue weighted by Crippen LogP contribution is -2.20. The van der Waals surface area contributed by atoms with Crippen molar-refractivity contribution in [2.75, 3.05) is 13.7 Å². The maximum Gasteiger partial charge on any atom is 0.330 e. The second-order valence-electron chi connectivity index (χ2n) is 5.55. The first-order valence-electron chi connectivity index (χ1n) is 7.69. The third kappa shape index (κ3) is 6.38. The first-order chi connectivity index (χ1) is 9.69. The van der Waals surface area contributed by atoms with Crippen LogP contribution < -0.4 is 0 Å². The van der Waals surface area contributed by atoms with Crippen LogP contribution in [0, 0.1) is 11.8 Å². The van der Waals surface area contributed by atoms with E-state index in [0.29, 0.717) is 6.61 Å². The first kappa shape index (κ1) is 17.0. The summed E-state index contributed by atoms with van der Waals surface area (Å²) in [5.41, 5.74) is 0. The molecule has 0 radical (unpaired) electrons. The van der Waals surface area contributed by atoms with E-state index in [1.807, 2.05) is 0 Å². The molecule has 2 aliphatic rings. The lowest BCUT2D eigenvalue weighted by atomic mass is 10.1. The van der Waals surface area contributed by atoms with Gasteiger partial charge in [-0.05, 0) is 37.5 Å². The Morgan fingerprint density at radius 2 is 2.05 bits per heavy atom. The fourth-order valence-corrected chi connectivity index (χ4v) is 2.65. The fourth-order valence-electron chi connectivity index (χ4n) is 2.65. The number of methoxy groups -OCH3 is 1. The maximum atomic E-state index is 10.7. The molecule has 3 heteroatoms. The Balaban J connectivity index is 0.000000233. The highest BCUT2D eigenvalue weighted by Gasteiger charge is 2.25. The van der Waals surface area contributed by atoms with E-state index < -0.39 is 5.97 Å². The van der Waals surface area contributed by atoms with Crippen molar-refractivity contribution >= 4 is 5.97 Å². The molecule has 3 atom stereocenters. The lowest BCUT2D eigenvalue weighted by Gasteiger charge is -2.13. The minimum absolute atomic E-state index is 0.0175. The van der Waals surface area contributed by atoms with Gasteiger partial charge in [-0.25, -0.2) is 4.79 Å². The zero-order valence-electron chi connectivity index (χ0n) is 12.8. The Hall–Kier alpha value is -1.09. The molecular weight excluding hydrogens is 252 g/mol. The SMILES string of the molecule is C1=CC2CCC1C2.C=CC(=O)OCC(CCCC)OC. The molecule has 0 amide bonds. The van der Waals surface area contributed by atoms with Crippen LogP contribution in [0.15, 0.2) is 24.8 Å². The second kappa shape index (κ2) is 9.76. The predicted molar refractivity (Wildman–Crippen MR) is 81.4 cm³/mol. The number of allylic oxidation sites excluding steroid dienone is 2. The molecule has 0 saturated heterocycles. The van der Waals surface area contributed by atoms with Gasteiger partial charge in [0.1, 0.15) is 6.61 Å². The van der Waals surface area contributed by atoms with Crippen LogP contribution in [0.25, 0.3) is 0 Å². The highest BCUT2D eigenvalue weighted by atomic mass is 16.6. The van der Waals surface area contributed by atoms with E-state index in [-0.39, 0.29) is 6.10 Å². The predicted octanol–water partition coefficient (Wildman–Crippen LogP) is 3.89. The monoisotopic (exact) mass is 280 g/mol. The zero-order chi connectivity index (χ0) is 14.8. The average molecular weight is 280 g/mol. The number of unbranched alkanes of at least 4 members (excludes halogenated alkanes) is 1. The molecule has 2 rings (SSSR count). The minimum Gasteiger partial charge on any atom is -0.460 e. The van der Waals surface area contributed by atoms with E-state index in [2.05, 4.69) is 25.7 Å². The van der Waals surface area contributed by atoms with Gasteiger partial charge in [0.2, 0.25) is 0 Å². The summed E-state index contributed by atoms with van der Waals surface area (Å²) in [7, 11) is 1.63. The molecule has 114 valence electrons. The quantitative estimate of drug-likeness (QED) is 0.403. The number of hydrogen-bond donors (Lipinski definition) is 0. The molecule has 2 bridgehead atoms. The Labute approximate surface area is 123 Å². The molecule has 0 aliphatic heterocycles. The molecule has 3 unspecified atom stereocenters. The van der Waals surface area contributed by atoms with E-state index in [1.165, 1.54) is 19.3 Å². The van der Waals surface area contributed by atoms with E-state index in [0.717, 1.165) is 37.2 Å². The lowest BCUT2D eigenvalue weighted by molar-refractivity contribution is -0.141. The summed E-state index contributed by atoms with van der Waals surface area (Å²) < 4.78 is 10.00. The van der Waals surface area contributed by atoms with Gasteiger partial charge >= 0.3 is 5.97 Å². The molecule has 20 heavy (non-hydrogen) atoms. The minimum atomic E-state index is -0.390. The van der Waals surface area contributed by atoms with Crippen molar-refractivity contribution in [2.45, 2.75) is 51.6 Å². The van der Waals surface area contributed by atoms with Crippen molar-refractivity contribution in [3.05, 3.63) is 24.8 Å². The van der Waals surface area contributed by atoms with Crippen molar-refractivity contribution in [3.63, 3.8) is 0 Å². The number of carbonyl (C=O) groups is 1. The Kier molecular flexibility index (Phi) is 8.28. The Bertz CT molecular complexity index is 310. The third-order valence-electron chi connectivity index (χ3n) is 3.96. The molecule has 1 fully saturated rings. The number of ether oxygens (including phenoxy) is 2. The van der Waals surface area contributed by atoms with Crippen molar-refractivity contribution < 1.29 is 14.3 Å². The normalized spacial score (nSPS) is 23.9. The summed E-state index contributed by atoms with van der Waals surface area (Å²) >= 11 is 0. The van der Waals surface area contributed by atoms with Crippen LogP contribution in [0.3, 0.4) is 0 Å². The number of fused-ring (bicyclic) bond motifs is 2. The molecule has 3 nitrogen and oxygen atoms in total. The topological polar surface area (TPSA) is 35.5 Å². The molecule has 0 heterocycles. The van der Waals surface area contributed by atoms with Crippen molar-refractivity contribution in [1.29, 1.82) is 0 Å². The molecule has 0 aromatic rings. The van der Waals surface area contributed by atoms with Gasteiger partial charge in [0.15, 0.2) is 0 Å². The van der Waals surface area contributed by atoms with Crippen molar-refractivity contribution in [2.24, 2.45) is 11.8 Å². The number of hydrogen-bond acceptors (Lipinski definition) is 3.